The molecule has 2 aliphatic rings. The number of hydrogen-bond acceptors (Lipinski definition) is 3. The third-order valence-electron chi connectivity index (χ3n) is 2.80. The lowest BCUT2D eigenvalue weighted by Crippen LogP contribution is -2.41. The number of fused-ring (bicyclic) bond motifs is 1. The van der Waals surface area contributed by atoms with Crippen LogP contribution in [0.3, 0.4) is 0 Å². The van der Waals surface area contributed by atoms with Crippen LogP contribution in [0, 0.1) is 5.92 Å². The lowest BCUT2D eigenvalue weighted by atomic mass is 10.1. The zero-order valence-corrected chi connectivity index (χ0v) is 8.52. The summed E-state index contributed by atoms with van der Waals surface area (Å²) in [5.74, 6) is 0.491. The highest BCUT2D eigenvalue weighted by atomic mass is 16.6. The van der Waals surface area contributed by atoms with Crippen LogP contribution in [0.1, 0.15) is 33.6 Å². The summed E-state index contributed by atoms with van der Waals surface area (Å²) in [6.07, 6.45) is 2.10. The van der Waals surface area contributed by atoms with E-state index in [2.05, 4.69) is 5.32 Å². The first kappa shape index (κ1) is 9.00. The molecule has 0 unspecified atom stereocenters. The van der Waals surface area contributed by atoms with Crippen molar-refractivity contribution < 1.29 is 9.53 Å². The highest BCUT2D eigenvalue weighted by Gasteiger charge is 2.64. The van der Waals surface area contributed by atoms with Crippen LogP contribution < -0.4 is 5.32 Å². The monoisotopic (exact) mass is 183 g/mol. The van der Waals surface area contributed by atoms with Gasteiger partial charge in [0.25, 0.3) is 0 Å². The van der Waals surface area contributed by atoms with Gasteiger partial charge in [0.05, 0.1) is 0 Å². The number of nitrogens with one attached hydrogen (secondary N) is 1. The molecule has 2 fully saturated rings. The second kappa shape index (κ2) is 2.47. The number of ether oxygens (including phenoxy) is 1. The summed E-state index contributed by atoms with van der Waals surface area (Å²) in [5, 5.41) is 3.25. The van der Waals surface area contributed by atoms with Crippen molar-refractivity contribution in [1.82, 2.24) is 5.32 Å². The van der Waals surface area contributed by atoms with Gasteiger partial charge in [-0.15, -0.1) is 0 Å². The minimum atomic E-state index is -0.358. The van der Waals surface area contributed by atoms with Crippen LogP contribution in [0.5, 0.6) is 0 Å². The molecule has 2 atom stereocenters. The zero-order chi connectivity index (χ0) is 9.69. The van der Waals surface area contributed by atoms with Crippen molar-refractivity contribution in [3.05, 3.63) is 0 Å². The molecule has 1 aliphatic carbocycles. The average molecular weight is 183 g/mol. The molecule has 0 amide bonds. The molecular weight excluding hydrogens is 166 g/mol. The number of esters is 1. The number of rotatable bonds is 1. The molecule has 3 nitrogen and oxygen atoms in total. The molecule has 3 heteroatoms. The smallest absolute Gasteiger partial charge is 0.327 e. The van der Waals surface area contributed by atoms with Crippen molar-refractivity contribution in [2.75, 3.05) is 6.54 Å². The predicted molar refractivity (Wildman–Crippen MR) is 49.3 cm³/mol. The summed E-state index contributed by atoms with van der Waals surface area (Å²) >= 11 is 0. The Balaban J connectivity index is 1.99. The van der Waals surface area contributed by atoms with Crippen LogP contribution >= 0.6 is 0 Å². The molecule has 0 aromatic heterocycles. The van der Waals surface area contributed by atoms with E-state index in [1.807, 2.05) is 20.8 Å². The molecule has 0 spiro atoms. The van der Waals surface area contributed by atoms with Gasteiger partial charge in [0.2, 0.25) is 0 Å². The Hall–Kier alpha value is -0.570. The first-order valence-electron chi connectivity index (χ1n) is 4.92. The summed E-state index contributed by atoms with van der Waals surface area (Å²) in [5.41, 5.74) is -0.642. The maximum Gasteiger partial charge on any atom is 0.327 e. The van der Waals surface area contributed by atoms with E-state index in [0.717, 1.165) is 19.4 Å². The second-order valence-corrected chi connectivity index (χ2v) is 5.09. The third kappa shape index (κ3) is 1.46. The van der Waals surface area contributed by atoms with E-state index in [1.165, 1.54) is 0 Å². The van der Waals surface area contributed by atoms with E-state index in [9.17, 15) is 4.79 Å². The highest BCUT2D eigenvalue weighted by Crippen LogP contribution is 2.50. The van der Waals surface area contributed by atoms with Gasteiger partial charge in [-0.2, -0.15) is 0 Å². The summed E-state index contributed by atoms with van der Waals surface area (Å²) in [6, 6.07) is 0. The van der Waals surface area contributed by atoms with Gasteiger partial charge in [0, 0.05) is 0 Å². The molecule has 2 rings (SSSR count). The van der Waals surface area contributed by atoms with Gasteiger partial charge < -0.3 is 10.1 Å². The van der Waals surface area contributed by atoms with E-state index >= 15 is 0 Å². The molecule has 1 heterocycles. The summed E-state index contributed by atoms with van der Waals surface area (Å²) in [4.78, 5) is 11.7. The van der Waals surface area contributed by atoms with Crippen LogP contribution in [-0.4, -0.2) is 23.7 Å². The fourth-order valence-electron chi connectivity index (χ4n) is 2.06. The summed E-state index contributed by atoms with van der Waals surface area (Å²) < 4.78 is 5.36. The topological polar surface area (TPSA) is 38.3 Å². The maximum atomic E-state index is 11.7. The number of carbonyl (C=O) groups is 1. The summed E-state index contributed by atoms with van der Waals surface area (Å²) in [6.45, 7) is 6.69. The van der Waals surface area contributed by atoms with Gasteiger partial charge in [0.15, 0.2) is 0 Å². The molecule has 74 valence electrons. The van der Waals surface area contributed by atoms with E-state index < -0.39 is 0 Å². The largest absolute Gasteiger partial charge is 0.459 e. The Morgan fingerprint density at radius 3 is 2.62 bits per heavy atom. The normalized spacial score (nSPS) is 37.0. The van der Waals surface area contributed by atoms with Gasteiger partial charge in [-0.3, -0.25) is 4.79 Å². The lowest BCUT2D eigenvalue weighted by molar-refractivity contribution is -0.158. The Kier molecular flexibility index (Phi) is 1.71. The van der Waals surface area contributed by atoms with Crippen molar-refractivity contribution in [3.8, 4) is 0 Å². The molecule has 0 bridgehead atoms. The van der Waals surface area contributed by atoms with Crippen LogP contribution in [0.25, 0.3) is 0 Å². The lowest BCUT2D eigenvalue weighted by Gasteiger charge is -2.23. The molecule has 0 radical (unpaired) electrons. The Labute approximate surface area is 78.8 Å². The minimum absolute atomic E-state index is 0.0532. The Bertz CT molecular complexity index is 244. The number of hydrogen-bond donors (Lipinski definition) is 1. The van der Waals surface area contributed by atoms with E-state index in [1.54, 1.807) is 0 Å². The van der Waals surface area contributed by atoms with Crippen molar-refractivity contribution in [3.63, 3.8) is 0 Å². The van der Waals surface area contributed by atoms with Gasteiger partial charge in [0.1, 0.15) is 11.1 Å². The SMILES string of the molecule is CC(C)(C)OC(=O)[C@]12C[C@H]1CCN2. The van der Waals surface area contributed by atoms with Crippen molar-refractivity contribution in [1.29, 1.82) is 0 Å². The molecule has 1 saturated carbocycles. The fourth-order valence-corrected chi connectivity index (χ4v) is 2.06. The molecule has 13 heavy (non-hydrogen) atoms. The van der Waals surface area contributed by atoms with E-state index in [0.29, 0.717) is 5.92 Å². The van der Waals surface area contributed by atoms with Crippen molar-refractivity contribution in [2.24, 2.45) is 5.92 Å². The van der Waals surface area contributed by atoms with Crippen LogP contribution in [0.15, 0.2) is 0 Å². The van der Waals surface area contributed by atoms with E-state index in [4.69, 9.17) is 4.74 Å². The minimum Gasteiger partial charge on any atom is -0.459 e. The van der Waals surface area contributed by atoms with Gasteiger partial charge in [-0.05, 0) is 46.1 Å². The Morgan fingerprint density at radius 1 is 1.54 bits per heavy atom. The van der Waals surface area contributed by atoms with Crippen molar-refractivity contribution in [2.45, 2.75) is 44.8 Å². The molecule has 1 aliphatic heterocycles. The number of piperidine rings is 1. The molecule has 1 saturated heterocycles. The van der Waals surface area contributed by atoms with Crippen LogP contribution in [0.4, 0.5) is 0 Å². The second-order valence-electron chi connectivity index (χ2n) is 5.09. The third-order valence-corrected chi connectivity index (χ3v) is 2.80. The fraction of sp³-hybridized carbons (Fsp3) is 0.900. The standard InChI is InChI=1S/C10H17NO2/c1-9(2,3)13-8(12)10-6-7(10)4-5-11-10/h7,11H,4-6H2,1-3H3/t7-,10+/m1/s1. The zero-order valence-electron chi connectivity index (χ0n) is 8.52. The highest BCUT2D eigenvalue weighted by molar-refractivity contribution is 5.86. The quantitative estimate of drug-likeness (QED) is 0.618. The maximum absolute atomic E-state index is 11.7. The first-order valence-corrected chi connectivity index (χ1v) is 4.92. The summed E-state index contributed by atoms with van der Waals surface area (Å²) in [7, 11) is 0. The first-order chi connectivity index (χ1) is 5.94. The van der Waals surface area contributed by atoms with Gasteiger partial charge >= 0.3 is 5.97 Å². The molecule has 0 aromatic rings. The molecular formula is C10H17NO2. The van der Waals surface area contributed by atoms with E-state index in [-0.39, 0.29) is 17.1 Å². The van der Waals surface area contributed by atoms with Gasteiger partial charge in [-0.25, -0.2) is 0 Å². The van der Waals surface area contributed by atoms with Crippen LogP contribution in [0.2, 0.25) is 0 Å². The van der Waals surface area contributed by atoms with Crippen molar-refractivity contribution >= 4 is 5.97 Å². The molecule has 1 N–H and O–H groups in total. The number of carbonyl (C=O) groups excluding carboxylic acids is 1. The van der Waals surface area contributed by atoms with Crippen LogP contribution in [-0.2, 0) is 9.53 Å². The Morgan fingerprint density at radius 2 is 2.23 bits per heavy atom. The predicted octanol–water partition coefficient (Wildman–Crippen LogP) is 1.08. The van der Waals surface area contributed by atoms with Gasteiger partial charge in [-0.1, -0.05) is 0 Å². The molecule has 0 aromatic carbocycles. The average Bonchev–Trinajstić information content (AvgIpc) is 2.52.